The lowest BCUT2D eigenvalue weighted by Gasteiger charge is -2.14. The van der Waals surface area contributed by atoms with Crippen LogP contribution in [0.2, 0.25) is 0 Å². The molecule has 1 N–H and O–H groups in total. The number of anilines is 1. The Morgan fingerprint density at radius 3 is 2.80 bits per heavy atom. The summed E-state index contributed by atoms with van der Waals surface area (Å²) in [5.74, 6) is 0.330. The van der Waals surface area contributed by atoms with E-state index in [0.29, 0.717) is 27.9 Å². The standard InChI is InChI=1S/C19H17N3O3/c1-25-15-6-7-16-12(9-15)10-17(22(19(16)24)14-4-5-14)18(23)21-13-3-2-8-20-11-13/h2-3,6-11,14H,4-5H2,1H3,(H,21,23). The third kappa shape index (κ3) is 2.87. The van der Waals surface area contributed by atoms with Gasteiger partial charge in [-0.25, -0.2) is 0 Å². The molecule has 2 heterocycles. The van der Waals surface area contributed by atoms with Crippen molar-refractivity contribution in [3.8, 4) is 5.75 Å². The van der Waals surface area contributed by atoms with E-state index in [0.717, 1.165) is 12.8 Å². The number of carbonyl (C=O) groups excluding carboxylic acids is 1. The quantitative estimate of drug-likeness (QED) is 0.795. The van der Waals surface area contributed by atoms with Crippen LogP contribution < -0.4 is 15.6 Å². The maximum absolute atomic E-state index is 12.9. The van der Waals surface area contributed by atoms with Gasteiger partial charge in [0.15, 0.2) is 0 Å². The van der Waals surface area contributed by atoms with Gasteiger partial charge in [0, 0.05) is 17.6 Å². The molecule has 0 radical (unpaired) electrons. The van der Waals surface area contributed by atoms with Gasteiger partial charge in [-0.3, -0.25) is 14.6 Å². The van der Waals surface area contributed by atoms with E-state index in [1.807, 2.05) is 0 Å². The van der Waals surface area contributed by atoms with Crippen molar-refractivity contribution in [1.82, 2.24) is 9.55 Å². The first kappa shape index (κ1) is 15.4. The van der Waals surface area contributed by atoms with Crippen molar-refractivity contribution in [2.24, 2.45) is 0 Å². The van der Waals surface area contributed by atoms with Gasteiger partial charge in [0.2, 0.25) is 0 Å². The highest BCUT2D eigenvalue weighted by atomic mass is 16.5. The Morgan fingerprint density at radius 1 is 1.28 bits per heavy atom. The number of hydrogen-bond acceptors (Lipinski definition) is 4. The minimum Gasteiger partial charge on any atom is -0.497 e. The highest BCUT2D eigenvalue weighted by Gasteiger charge is 2.29. The molecule has 1 amide bonds. The minimum atomic E-state index is -0.318. The number of rotatable bonds is 4. The van der Waals surface area contributed by atoms with Crippen molar-refractivity contribution >= 4 is 22.4 Å². The SMILES string of the molecule is COc1ccc2c(=O)n(C3CC3)c(C(=O)Nc3cccnc3)cc2c1. The number of aromatic nitrogens is 2. The molecular weight excluding hydrogens is 318 g/mol. The van der Waals surface area contributed by atoms with E-state index in [2.05, 4.69) is 10.3 Å². The Kier molecular flexibility index (Phi) is 3.72. The number of hydrogen-bond donors (Lipinski definition) is 1. The zero-order chi connectivity index (χ0) is 17.4. The predicted octanol–water partition coefficient (Wildman–Crippen LogP) is 2.99. The minimum absolute atomic E-state index is 0.0913. The molecule has 25 heavy (non-hydrogen) atoms. The van der Waals surface area contributed by atoms with E-state index in [1.165, 1.54) is 0 Å². The third-order valence-electron chi connectivity index (χ3n) is 4.32. The average Bonchev–Trinajstić information content (AvgIpc) is 3.46. The smallest absolute Gasteiger partial charge is 0.272 e. The summed E-state index contributed by atoms with van der Waals surface area (Å²) >= 11 is 0. The van der Waals surface area contributed by atoms with Gasteiger partial charge in [0.25, 0.3) is 11.5 Å². The molecule has 0 atom stereocenters. The number of methoxy groups -OCH3 is 1. The maximum atomic E-state index is 12.9. The fraction of sp³-hybridized carbons (Fsp3) is 0.211. The Labute approximate surface area is 144 Å². The van der Waals surface area contributed by atoms with Gasteiger partial charge in [-0.05, 0) is 54.6 Å². The van der Waals surface area contributed by atoms with E-state index >= 15 is 0 Å². The van der Waals surface area contributed by atoms with Gasteiger partial charge < -0.3 is 14.6 Å². The summed E-state index contributed by atoms with van der Waals surface area (Å²) < 4.78 is 6.84. The Balaban J connectivity index is 1.84. The predicted molar refractivity (Wildman–Crippen MR) is 95.2 cm³/mol. The van der Waals surface area contributed by atoms with E-state index < -0.39 is 0 Å². The van der Waals surface area contributed by atoms with Crippen LogP contribution in [0.15, 0.2) is 53.6 Å². The average molecular weight is 335 g/mol. The second-order valence-corrected chi connectivity index (χ2v) is 6.08. The Morgan fingerprint density at radius 2 is 2.12 bits per heavy atom. The van der Waals surface area contributed by atoms with Crippen LogP contribution in [-0.4, -0.2) is 22.6 Å². The molecule has 0 bridgehead atoms. The number of amides is 1. The second kappa shape index (κ2) is 6.05. The summed E-state index contributed by atoms with van der Waals surface area (Å²) in [5.41, 5.74) is 0.809. The summed E-state index contributed by atoms with van der Waals surface area (Å²) in [7, 11) is 1.57. The molecule has 1 saturated carbocycles. The Bertz CT molecular complexity index is 1010. The molecule has 0 aliphatic heterocycles. The van der Waals surface area contributed by atoms with Crippen molar-refractivity contribution < 1.29 is 9.53 Å². The first-order valence-electron chi connectivity index (χ1n) is 8.12. The second-order valence-electron chi connectivity index (χ2n) is 6.08. The summed E-state index contributed by atoms with van der Waals surface area (Å²) in [5, 5.41) is 4.09. The first-order chi connectivity index (χ1) is 12.2. The van der Waals surface area contributed by atoms with E-state index in [-0.39, 0.29) is 17.5 Å². The van der Waals surface area contributed by atoms with Crippen molar-refractivity contribution in [2.45, 2.75) is 18.9 Å². The van der Waals surface area contributed by atoms with Crippen molar-refractivity contribution in [1.29, 1.82) is 0 Å². The lowest BCUT2D eigenvalue weighted by molar-refractivity contribution is 0.101. The molecular formula is C19H17N3O3. The molecule has 1 aliphatic rings. The van der Waals surface area contributed by atoms with Gasteiger partial charge in [-0.2, -0.15) is 0 Å². The molecule has 3 aromatic rings. The Hall–Kier alpha value is -3.15. The number of benzene rings is 1. The molecule has 0 spiro atoms. The fourth-order valence-electron chi connectivity index (χ4n) is 2.94. The normalized spacial score (nSPS) is 13.6. The van der Waals surface area contributed by atoms with Crippen molar-refractivity contribution in [3.05, 3.63) is 64.8 Å². The number of nitrogens with zero attached hydrogens (tertiary/aromatic N) is 2. The number of nitrogens with one attached hydrogen (secondary N) is 1. The summed E-state index contributed by atoms with van der Waals surface area (Å²) in [6.45, 7) is 0. The number of pyridine rings is 2. The van der Waals surface area contributed by atoms with Gasteiger partial charge >= 0.3 is 0 Å². The van der Waals surface area contributed by atoms with Crippen LogP contribution in [0, 0.1) is 0 Å². The van der Waals surface area contributed by atoms with Gasteiger partial charge in [0.1, 0.15) is 11.4 Å². The maximum Gasteiger partial charge on any atom is 0.272 e. The van der Waals surface area contributed by atoms with Crippen LogP contribution in [0.4, 0.5) is 5.69 Å². The van der Waals surface area contributed by atoms with Crippen LogP contribution in [0.25, 0.3) is 10.8 Å². The molecule has 1 aromatic carbocycles. The van der Waals surface area contributed by atoms with Crippen molar-refractivity contribution in [2.75, 3.05) is 12.4 Å². The molecule has 1 aliphatic carbocycles. The summed E-state index contributed by atoms with van der Waals surface area (Å²) in [4.78, 5) is 29.7. The van der Waals surface area contributed by atoms with Crippen LogP contribution in [0.1, 0.15) is 29.4 Å². The van der Waals surface area contributed by atoms with E-state index in [4.69, 9.17) is 4.74 Å². The van der Waals surface area contributed by atoms with Crippen LogP contribution in [0.3, 0.4) is 0 Å². The zero-order valence-electron chi connectivity index (χ0n) is 13.7. The molecule has 0 unspecified atom stereocenters. The zero-order valence-corrected chi connectivity index (χ0v) is 13.7. The van der Waals surface area contributed by atoms with Crippen LogP contribution >= 0.6 is 0 Å². The molecule has 1 fully saturated rings. The number of fused-ring (bicyclic) bond motifs is 1. The molecule has 6 heteroatoms. The first-order valence-corrected chi connectivity index (χ1v) is 8.12. The molecule has 2 aromatic heterocycles. The number of ether oxygens (including phenoxy) is 1. The van der Waals surface area contributed by atoms with Crippen LogP contribution in [0.5, 0.6) is 5.75 Å². The van der Waals surface area contributed by atoms with Gasteiger partial charge in [-0.1, -0.05) is 0 Å². The molecule has 126 valence electrons. The molecule has 0 saturated heterocycles. The summed E-state index contributed by atoms with van der Waals surface area (Å²) in [6.07, 6.45) is 5.03. The third-order valence-corrected chi connectivity index (χ3v) is 4.32. The van der Waals surface area contributed by atoms with Gasteiger partial charge in [0.05, 0.1) is 19.0 Å². The monoisotopic (exact) mass is 335 g/mol. The highest BCUT2D eigenvalue weighted by Crippen LogP contribution is 2.35. The molecule has 6 nitrogen and oxygen atoms in total. The topological polar surface area (TPSA) is 73.2 Å². The lowest BCUT2D eigenvalue weighted by atomic mass is 10.1. The largest absolute Gasteiger partial charge is 0.497 e. The van der Waals surface area contributed by atoms with Crippen LogP contribution in [-0.2, 0) is 0 Å². The molecule has 4 rings (SSSR count). The highest BCUT2D eigenvalue weighted by molar-refractivity contribution is 6.05. The summed E-state index contributed by atoms with van der Waals surface area (Å²) in [6, 6.07) is 10.6. The van der Waals surface area contributed by atoms with E-state index in [1.54, 1.807) is 60.5 Å². The fourth-order valence-corrected chi connectivity index (χ4v) is 2.94. The number of carbonyl (C=O) groups is 1. The van der Waals surface area contributed by atoms with Gasteiger partial charge in [-0.15, -0.1) is 0 Å². The van der Waals surface area contributed by atoms with Crippen molar-refractivity contribution in [3.63, 3.8) is 0 Å². The lowest BCUT2D eigenvalue weighted by Crippen LogP contribution is -2.28. The van der Waals surface area contributed by atoms with E-state index in [9.17, 15) is 9.59 Å².